The first-order valence-corrected chi connectivity index (χ1v) is 4.17. The predicted molar refractivity (Wildman–Crippen MR) is 45.7 cm³/mol. The Labute approximate surface area is 71.6 Å². The number of hydrogen-bond acceptors (Lipinski definition) is 2. The van der Waals surface area contributed by atoms with Gasteiger partial charge in [0.15, 0.2) is 0 Å². The lowest BCUT2D eigenvalue weighted by molar-refractivity contribution is 0.772. The third-order valence-electron chi connectivity index (χ3n) is 1.46. The summed E-state index contributed by atoms with van der Waals surface area (Å²) in [4.78, 5) is 8.06. The highest BCUT2D eigenvalue weighted by molar-refractivity contribution is 6.29. The van der Waals surface area contributed by atoms with E-state index in [9.17, 15) is 0 Å². The van der Waals surface area contributed by atoms with E-state index in [1.807, 2.05) is 0 Å². The predicted octanol–water partition coefficient (Wildman–Crippen LogP) is 2.47. The number of aromatic nitrogens is 2. The van der Waals surface area contributed by atoms with Crippen LogP contribution < -0.4 is 0 Å². The van der Waals surface area contributed by atoms with E-state index < -0.39 is 0 Å². The molecule has 0 aliphatic heterocycles. The van der Waals surface area contributed by atoms with Crippen LogP contribution in [-0.4, -0.2) is 9.97 Å². The fraction of sp³-hybridized carbons (Fsp3) is 0.500. The van der Waals surface area contributed by atoms with Crippen molar-refractivity contribution >= 4 is 11.6 Å². The second-order valence-corrected chi connectivity index (χ2v) is 2.82. The Bertz CT molecular complexity index is 208. The lowest BCUT2D eigenvalue weighted by Gasteiger charge is -1.96. The van der Waals surface area contributed by atoms with Crippen molar-refractivity contribution in [1.29, 1.82) is 0 Å². The monoisotopic (exact) mass is 170 g/mol. The van der Waals surface area contributed by atoms with Gasteiger partial charge < -0.3 is 0 Å². The first-order valence-electron chi connectivity index (χ1n) is 3.79. The van der Waals surface area contributed by atoms with Crippen LogP contribution in [0.4, 0.5) is 0 Å². The third kappa shape index (κ3) is 2.85. The molecule has 0 aromatic carbocycles. The Kier molecular flexibility index (Phi) is 3.30. The van der Waals surface area contributed by atoms with Gasteiger partial charge in [0.25, 0.3) is 0 Å². The Morgan fingerprint density at radius 1 is 1.36 bits per heavy atom. The molecule has 0 saturated carbocycles. The van der Waals surface area contributed by atoms with Gasteiger partial charge in [0.05, 0.1) is 18.1 Å². The molecule has 0 unspecified atom stereocenters. The van der Waals surface area contributed by atoms with Crippen LogP contribution in [0.25, 0.3) is 0 Å². The molecule has 0 N–H and O–H groups in total. The number of nitrogens with zero attached hydrogens (tertiary/aromatic N) is 2. The zero-order valence-electron chi connectivity index (χ0n) is 6.55. The van der Waals surface area contributed by atoms with Crippen molar-refractivity contribution in [2.45, 2.75) is 26.2 Å². The summed E-state index contributed by atoms with van der Waals surface area (Å²) in [7, 11) is 0. The summed E-state index contributed by atoms with van der Waals surface area (Å²) in [6.07, 6.45) is 6.67. The summed E-state index contributed by atoms with van der Waals surface area (Å²) >= 11 is 5.57. The van der Waals surface area contributed by atoms with Gasteiger partial charge in [-0.3, -0.25) is 4.98 Å². The molecule has 1 heterocycles. The molecule has 60 valence electrons. The minimum absolute atomic E-state index is 0.463. The molecule has 0 aliphatic rings. The van der Waals surface area contributed by atoms with E-state index in [4.69, 9.17) is 11.6 Å². The topological polar surface area (TPSA) is 25.8 Å². The average molecular weight is 171 g/mol. The molecule has 0 atom stereocenters. The van der Waals surface area contributed by atoms with Crippen LogP contribution >= 0.6 is 11.6 Å². The third-order valence-corrected chi connectivity index (χ3v) is 1.66. The Balaban J connectivity index is 2.52. The highest BCUT2D eigenvalue weighted by atomic mass is 35.5. The highest BCUT2D eigenvalue weighted by Gasteiger charge is 1.93. The minimum Gasteiger partial charge on any atom is -0.256 e. The average Bonchev–Trinajstić information content (AvgIpc) is 2.04. The van der Waals surface area contributed by atoms with Crippen LogP contribution in [0.3, 0.4) is 0 Å². The molecular weight excluding hydrogens is 160 g/mol. The van der Waals surface area contributed by atoms with Crippen molar-refractivity contribution in [2.75, 3.05) is 0 Å². The standard InChI is InChI=1S/C8H11ClN2/c1-2-3-4-7-5-11-8(9)6-10-7/h5-6H,2-4H2,1H3. The van der Waals surface area contributed by atoms with Crippen molar-refractivity contribution in [3.63, 3.8) is 0 Å². The molecule has 11 heavy (non-hydrogen) atoms. The summed E-state index contributed by atoms with van der Waals surface area (Å²) in [6, 6.07) is 0. The molecule has 1 aromatic rings. The van der Waals surface area contributed by atoms with Gasteiger partial charge in [-0.1, -0.05) is 24.9 Å². The Morgan fingerprint density at radius 2 is 2.18 bits per heavy atom. The van der Waals surface area contributed by atoms with Gasteiger partial charge in [0.2, 0.25) is 0 Å². The van der Waals surface area contributed by atoms with Crippen molar-refractivity contribution in [2.24, 2.45) is 0 Å². The van der Waals surface area contributed by atoms with Gasteiger partial charge in [0, 0.05) is 0 Å². The Hall–Kier alpha value is -0.630. The SMILES string of the molecule is CCCCc1cnc(Cl)cn1. The first kappa shape index (κ1) is 8.47. The van der Waals surface area contributed by atoms with Gasteiger partial charge >= 0.3 is 0 Å². The fourth-order valence-corrected chi connectivity index (χ4v) is 0.924. The molecule has 3 heteroatoms. The first-order chi connectivity index (χ1) is 5.33. The van der Waals surface area contributed by atoms with Crippen LogP contribution in [0.15, 0.2) is 12.4 Å². The maximum Gasteiger partial charge on any atom is 0.147 e. The van der Waals surface area contributed by atoms with E-state index in [0.29, 0.717) is 5.15 Å². The number of hydrogen-bond donors (Lipinski definition) is 0. The zero-order valence-corrected chi connectivity index (χ0v) is 7.30. The largest absolute Gasteiger partial charge is 0.256 e. The fourth-order valence-electron chi connectivity index (χ4n) is 0.826. The van der Waals surface area contributed by atoms with E-state index in [-0.39, 0.29) is 0 Å². The van der Waals surface area contributed by atoms with Crippen LogP contribution in [0.1, 0.15) is 25.5 Å². The molecule has 0 saturated heterocycles. The lowest BCUT2D eigenvalue weighted by atomic mass is 10.2. The van der Waals surface area contributed by atoms with Crippen molar-refractivity contribution in [1.82, 2.24) is 9.97 Å². The zero-order chi connectivity index (χ0) is 8.10. The minimum atomic E-state index is 0.463. The van der Waals surface area contributed by atoms with Crippen molar-refractivity contribution in [3.05, 3.63) is 23.2 Å². The van der Waals surface area contributed by atoms with E-state index in [1.165, 1.54) is 6.42 Å². The van der Waals surface area contributed by atoms with Gasteiger partial charge in [-0.25, -0.2) is 4.98 Å². The van der Waals surface area contributed by atoms with Crippen LogP contribution in [-0.2, 0) is 6.42 Å². The smallest absolute Gasteiger partial charge is 0.147 e. The van der Waals surface area contributed by atoms with Crippen LogP contribution in [0.5, 0.6) is 0 Å². The highest BCUT2D eigenvalue weighted by Crippen LogP contribution is 2.03. The van der Waals surface area contributed by atoms with E-state index in [1.54, 1.807) is 12.4 Å². The summed E-state index contributed by atoms with van der Waals surface area (Å²) in [5.74, 6) is 0. The van der Waals surface area contributed by atoms with Crippen LogP contribution in [0, 0.1) is 0 Å². The molecule has 0 bridgehead atoms. The van der Waals surface area contributed by atoms with Gasteiger partial charge in [-0.2, -0.15) is 0 Å². The van der Waals surface area contributed by atoms with E-state index >= 15 is 0 Å². The van der Waals surface area contributed by atoms with E-state index in [2.05, 4.69) is 16.9 Å². The Morgan fingerprint density at radius 3 is 2.73 bits per heavy atom. The molecular formula is C8H11ClN2. The normalized spacial score (nSPS) is 10.0. The number of unbranched alkanes of at least 4 members (excludes halogenated alkanes) is 1. The maximum atomic E-state index is 5.57. The maximum absolute atomic E-state index is 5.57. The molecule has 2 nitrogen and oxygen atoms in total. The molecule has 0 radical (unpaired) electrons. The number of halogens is 1. The molecule has 0 spiro atoms. The van der Waals surface area contributed by atoms with Crippen molar-refractivity contribution in [3.8, 4) is 0 Å². The van der Waals surface area contributed by atoms with Gasteiger partial charge in [0.1, 0.15) is 5.15 Å². The van der Waals surface area contributed by atoms with Crippen molar-refractivity contribution < 1.29 is 0 Å². The van der Waals surface area contributed by atoms with Gasteiger partial charge in [-0.05, 0) is 12.8 Å². The molecule has 1 rings (SSSR count). The van der Waals surface area contributed by atoms with E-state index in [0.717, 1.165) is 18.5 Å². The molecule has 0 amide bonds. The summed E-state index contributed by atoms with van der Waals surface area (Å²) in [5, 5.41) is 0.463. The second-order valence-electron chi connectivity index (χ2n) is 2.43. The van der Waals surface area contributed by atoms with Crippen LogP contribution in [0.2, 0.25) is 5.15 Å². The number of rotatable bonds is 3. The number of aryl methyl sites for hydroxylation is 1. The molecule has 0 fully saturated rings. The molecule has 0 aliphatic carbocycles. The quantitative estimate of drug-likeness (QED) is 0.697. The molecule has 1 aromatic heterocycles. The van der Waals surface area contributed by atoms with Gasteiger partial charge in [-0.15, -0.1) is 0 Å². The summed E-state index contributed by atoms with van der Waals surface area (Å²) in [6.45, 7) is 2.16. The lowest BCUT2D eigenvalue weighted by Crippen LogP contribution is -1.90. The summed E-state index contributed by atoms with van der Waals surface area (Å²) in [5.41, 5.74) is 1.02. The second kappa shape index (κ2) is 4.29. The summed E-state index contributed by atoms with van der Waals surface area (Å²) < 4.78 is 0.